The van der Waals surface area contributed by atoms with Crippen LogP contribution in [0.2, 0.25) is 0 Å². The quantitative estimate of drug-likeness (QED) is 0.891. The molecule has 0 aromatic carbocycles. The third-order valence-corrected chi connectivity index (χ3v) is 4.85. The summed E-state index contributed by atoms with van der Waals surface area (Å²) in [6.07, 6.45) is 6.07. The topological polar surface area (TPSA) is 76.1 Å². The summed E-state index contributed by atoms with van der Waals surface area (Å²) in [7, 11) is 6.37. The van der Waals surface area contributed by atoms with Gasteiger partial charge in [0.25, 0.3) is 0 Å². The lowest BCUT2D eigenvalue weighted by Crippen LogP contribution is -2.41. The van der Waals surface area contributed by atoms with E-state index in [1.54, 1.807) is 12.3 Å². The van der Waals surface area contributed by atoms with Gasteiger partial charge in [-0.2, -0.15) is 5.10 Å². The Kier molecular flexibility index (Phi) is 5.11. The fourth-order valence-electron chi connectivity index (χ4n) is 3.79. The van der Waals surface area contributed by atoms with Crippen LogP contribution in [0.25, 0.3) is 0 Å². The summed E-state index contributed by atoms with van der Waals surface area (Å²) in [5.74, 6) is 1.86. The summed E-state index contributed by atoms with van der Waals surface area (Å²) in [4.78, 5) is 13.4. The van der Waals surface area contributed by atoms with Crippen LogP contribution in [0.3, 0.4) is 0 Å². The highest BCUT2D eigenvalue weighted by Crippen LogP contribution is 2.35. The van der Waals surface area contributed by atoms with Gasteiger partial charge in [-0.25, -0.2) is 9.97 Å². The number of nitrogen functional groups attached to an aromatic ring is 1. The lowest BCUT2D eigenvalue weighted by molar-refractivity contribution is 0.0866. The van der Waals surface area contributed by atoms with Gasteiger partial charge in [0.1, 0.15) is 11.6 Å². The van der Waals surface area contributed by atoms with E-state index in [4.69, 9.17) is 5.73 Å². The lowest BCUT2D eigenvalue weighted by Gasteiger charge is -2.40. The van der Waals surface area contributed by atoms with Gasteiger partial charge in [0, 0.05) is 26.0 Å². The van der Waals surface area contributed by atoms with Crippen molar-refractivity contribution in [3.8, 4) is 0 Å². The summed E-state index contributed by atoms with van der Waals surface area (Å²) < 4.78 is 2.00. The van der Waals surface area contributed by atoms with Crippen molar-refractivity contribution in [1.29, 1.82) is 0 Å². The molecule has 2 aromatic heterocycles. The zero-order chi connectivity index (χ0) is 17.1. The van der Waals surface area contributed by atoms with Crippen LogP contribution in [0, 0.1) is 5.92 Å². The van der Waals surface area contributed by atoms with E-state index < -0.39 is 0 Å². The van der Waals surface area contributed by atoms with Gasteiger partial charge in [0.05, 0.1) is 18.3 Å². The lowest BCUT2D eigenvalue weighted by atomic mass is 9.87. The van der Waals surface area contributed by atoms with Crippen LogP contribution in [-0.4, -0.2) is 56.7 Å². The van der Waals surface area contributed by atoms with Crippen LogP contribution in [0.5, 0.6) is 0 Å². The number of rotatable bonds is 5. The average Bonchev–Trinajstić information content (AvgIpc) is 2.93. The molecule has 3 rings (SSSR count). The van der Waals surface area contributed by atoms with Gasteiger partial charge < -0.3 is 5.73 Å². The molecule has 0 unspecified atom stereocenters. The number of piperidine rings is 1. The normalized spacial score (nSPS) is 22.2. The molecule has 0 spiro atoms. The highest BCUT2D eigenvalue weighted by Gasteiger charge is 2.33. The Hall–Kier alpha value is -1.99. The molecule has 1 aliphatic rings. The number of hydrogen-bond acceptors (Lipinski definition) is 6. The first kappa shape index (κ1) is 16.9. The molecule has 0 bridgehead atoms. The molecule has 0 amide bonds. The predicted molar refractivity (Wildman–Crippen MR) is 94.1 cm³/mol. The van der Waals surface area contributed by atoms with Crippen molar-refractivity contribution in [3.05, 3.63) is 36.0 Å². The molecule has 2 atom stereocenters. The molecule has 24 heavy (non-hydrogen) atoms. The number of nitrogens with two attached hydrogens (primary N) is 1. The maximum atomic E-state index is 5.75. The largest absolute Gasteiger partial charge is 0.384 e. The first-order valence-electron chi connectivity index (χ1n) is 8.48. The molecule has 7 heteroatoms. The van der Waals surface area contributed by atoms with Crippen LogP contribution in [-0.2, 0) is 13.6 Å². The fourth-order valence-corrected chi connectivity index (χ4v) is 3.79. The highest BCUT2D eigenvalue weighted by atomic mass is 15.3. The second-order valence-electron chi connectivity index (χ2n) is 6.80. The number of anilines is 1. The van der Waals surface area contributed by atoms with Gasteiger partial charge in [0.15, 0.2) is 0 Å². The van der Waals surface area contributed by atoms with Gasteiger partial charge in [-0.05, 0) is 51.5 Å². The van der Waals surface area contributed by atoms with Gasteiger partial charge in [-0.1, -0.05) is 0 Å². The van der Waals surface area contributed by atoms with Crippen LogP contribution < -0.4 is 5.73 Å². The summed E-state index contributed by atoms with van der Waals surface area (Å²) >= 11 is 0. The van der Waals surface area contributed by atoms with Crippen molar-refractivity contribution in [2.75, 3.05) is 32.9 Å². The Morgan fingerprint density at radius 3 is 2.83 bits per heavy atom. The smallest absolute Gasteiger partial charge is 0.144 e. The molecule has 7 nitrogen and oxygen atoms in total. The highest BCUT2D eigenvalue weighted by molar-refractivity contribution is 5.24. The minimum Gasteiger partial charge on any atom is -0.384 e. The zero-order valence-corrected chi connectivity index (χ0v) is 14.8. The van der Waals surface area contributed by atoms with Crippen molar-refractivity contribution in [2.45, 2.75) is 25.4 Å². The van der Waals surface area contributed by atoms with E-state index in [2.05, 4.69) is 45.0 Å². The van der Waals surface area contributed by atoms with Crippen molar-refractivity contribution in [1.82, 2.24) is 29.5 Å². The Morgan fingerprint density at radius 2 is 2.12 bits per heavy atom. The molecule has 3 heterocycles. The summed E-state index contributed by atoms with van der Waals surface area (Å²) in [6.45, 7) is 2.84. The van der Waals surface area contributed by atoms with E-state index in [1.807, 2.05) is 17.9 Å². The number of likely N-dealkylation sites (tertiary alicyclic amines) is 1. The van der Waals surface area contributed by atoms with Gasteiger partial charge in [-0.3, -0.25) is 14.5 Å². The van der Waals surface area contributed by atoms with E-state index in [-0.39, 0.29) is 0 Å². The second-order valence-corrected chi connectivity index (χ2v) is 6.80. The number of aryl methyl sites for hydroxylation is 1. The van der Waals surface area contributed by atoms with E-state index in [0.717, 1.165) is 18.9 Å². The van der Waals surface area contributed by atoms with E-state index in [1.165, 1.54) is 18.5 Å². The minimum atomic E-state index is 0.399. The molecule has 0 radical (unpaired) electrons. The number of nitrogens with zero attached hydrogens (tertiary/aromatic N) is 6. The monoisotopic (exact) mass is 329 g/mol. The molecule has 0 saturated carbocycles. The maximum Gasteiger partial charge on any atom is 0.144 e. The predicted octanol–water partition coefficient (Wildman–Crippen LogP) is 1.31. The zero-order valence-electron chi connectivity index (χ0n) is 14.8. The van der Waals surface area contributed by atoms with Gasteiger partial charge in [0.2, 0.25) is 0 Å². The van der Waals surface area contributed by atoms with Crippen LogP contribution in [0.4, 0.5) is 5.82 Å². The van der Waals surface area contributed by atoms with E-state index in [9.17, 15) is 0 Å². The minimum absolute atomic E-state index is 0.399. The van der Waals surface area contributed by atoms with Gasteiger partial charge >= 0.3 is 0 Å². The van der Waals surface area contributed by atoms with Crippen molar-refractivity contribution in [2.24, 2.45) is 13.0 Å². The van der Waals surface area contributed by atoms with Crippen LogP contribution in [0.1, 0.15) is 30.4 Å². The number of aromatic nitrogens is 4. The third-order valence-electron chi connectivity index (χ3n) is 4.85. The summed E-state index contributed by atoms with van der Waals surface area (Å²) in [5, 5.41) is 4.36. The number of hydrogen-bond donors (Lipinski definition) is 1. The Morgan fingerprint density at radius 1 is 1.29 bits per heavy atom. The van der Waals surface area contributed by atoms with Crippen LogP contribution in [0.15, 0.2) is 24.5 Å². The Labute approximate surface area is 143 Å². The molecule has 1 saturated heterocycles. The second kappa shape index (κ2) is 7.27. The van der Waals surface area contributed by atoms with Crippen molar-refractivity contribution < 1.29 is 0 Å². The third kappa shape index (κ3) is 3.73. The van der Waals surface area contributed by atoms with Crippen molar-refractivity contribution >= 4 is 5.82 Å². The molecule has 2 N–H and O–H groups in total. The molecular weight excluding hydrogens is 302 g/mol. The fraction of sp³-hybridized carbons (Fsp3) is 0.588. The first-order valence-corrected chi connectivity index (χ1v) is 8.48. The summed E-state index contributed by atoms with van der Waals surface area (Å²) in [5.41, 5.74) is 7.04. The molecule has 1 fully saturated rings. The van der Waals surface area contributed by atoms with Crippen molar-refractivity contribution in [3.63, 3.8) is 0 Å². The average molecular weight is 329 g/mol. The Bertz CT molecular complexity index is 668. The SMILES string of the molecule is CN(Cc1nccc(N)n1)C[C@@H]1CCCN(C)[C@H]1c1ccnn1C. The first-order chi connectivity index (χ1) is 11.5. The van der Waals surface area contributed by atoms with Crippen LogP contribution >= 0.6 is 0 Å². The van der Waals surface area contributed by atoms with E-state index in [0.29, 0.717) is 24.3 Å². The summed E-state index contributed by atoms with van der Waals surface area (Å²) in [6, 6.07) is 4.26. The van der Waals surface area contributed by atoms with E-state index >= 15 is 0 Å². The molecule has 2 aromatic rings. The standard InChI is InChI=1S/C17H27N7/c1-22(12-16-19-8-7-15(18)21-16)11-13-5-4-10-23(2)17(13)14-6-9-20-24(14)3/h6-9,13,17H,4-5,10-12H2,1-3H3,(H2,18,19,21)/t13-,17+/m0/s1. The maximum absolute atomic E-state index is 5.75. The Balaban J connectivity index is 1.70. The molecule has 130 valence electrons. The molecule has 0 aliphatic carbocycles. The molecule has 1 aliphatic heterocycles. The van der Waals surface area contributed by atoms with Gasteiger partial charge in [-0.15, -0.1) is 0 Å². The molecular formula is C17H27N7.